The predicted molar refractivity (Wildman–Crippen MR) is 61.3 cm³/mol. The first-order valence-electron chi connectivity index (χ1n) is 5.78. The van der Waals surface area contributed by atoms with Crippen molar-refractivity contribution >= 4 is 0 Å². The van der Waals surface area contributed by atoms with Gasteiger partial charge in [0.25, 0.3) is 0 Å². The van der Waals surface area contributed by atoms with Gasteiger partial charge < -0.3 is 10.1 Å². The van der Waals surface area contributed by atoms with E-state index in [9.17, 15) is 0 Å². The summed E-state index contributed by atoms with van der Waals surface area (Å²) in [5.41, 5.74) is 1.26. The van der Waals surface area contributed by atoms with E-state index in [4.69, 9.17) is 4.74 Å². The normalized spacial score (nSPS) is 18.8. The lowest BCUT2D eigenvalue weighted by molar-refractivity contribution is -0.120. The highest BCUT2D eigenvalue weighted by Crippen LogP contribution is 2.28. The fourth-order valence-corrected chi connectivity index (χ4v) is 2.01. The topological polar surface area (TPSA) is 52.0 Å². The first-order chi connectivity index (χ1) is 7.65. The Balaban J connectivity index is 2.01. The van der Waals surface area contributed by atoms with E-state index in [-0.39, 0.29) is 5.41 Å². The van der Waals surface area contributed by atoms with E-state index >= 15 is 0 Å². The van der Waals surface area contributed by atoms with Gasteiger partial charge in [-0.1, -0.05) is 19.1 Å². The maximum Gasteiger partial charge on any atom is 0.0852 e. The van der Waals surface area contributed by atoms with Crippen LogP contribution >= 0.6 is 0 Å². The molecule has 0 aromatic carbocycles. The van der Waals surface area contributed by atoms with Crippen molar-refractivity contribution in [2.24, 2.45) is 5.41 Å². The van der Waals surface area contributed by atoms with Gasteiger partial charge in [-0.05, 0) is 13.0 Å². The van der Waals surface area contributed by atoms with Gasteiger partial charge in [0, 0.05) is 18.2 Å². The number of hydrogen-bond acceptors (Lipinski definition) is 4. The molecule has 1 aromatic heterocycles. The summed E-state index contributed by atoms with van der Waals surface area (Å²) in [6.07, 6.45) is 2.04. The van der Waals surface area contributed by atoms with Gasteiger partial charge in [0.1, 0.15) is 0 Å². The first-order valence-corrected chi connectivity index (χ1v) is 5.78. The standard InChI is InChI=1S/C11H20N4O/c1-9(2)10-4-15(14-13-10)6-11(5-12-3)7-16-8-11/h4,9,12H,5-8H2,1-3H3. The van der Waals surface area contributed by atoms with Crippen LogP contribution in [-0.2, 0) is 11.3 Å². The van der Waals surface area contributed by atoms with Crippen molar-refractivity contribution in [3.63, 3.8) is 0 Å². The SMILES string of the molecule is CNCC1(Cn2cc(C(C)C)nn2)COC1. The van der Waals surface area contributed by atoms with E-state index in [1.54, 1.807) is 0 Å². The molecule has 0 spiro atoms. The molecule has 0 aliphatic carbocycles. The first kappa shape index (κ1) is 11.5. The molecule has 0 atom stereocenters. The van der Waals surface area contributed by atoms with Crippen LogP contribution in [0.3, 0.4) is 0 Å². The fraction of sp³-hybridized carbons (Fsp3) is 0.818. The van der Waals surface area contributed by atoms with Crippen molar-refractivity contribution in [2.75, 3.05) is 26.8 Å². The second kappa shape index (κ2) is 4.51. The Kier molecular flexibility index (Phi) is 3.25. The van der Waals surface area contributed by atoms with Crippen molar-refractivity contribution < 1.29 is 4.74 Å². The quantitative estimate of drug-likeness (QED) is 0.797. The number of ether oxygens (including phenoxy) is 1. The lowest BCUT2D eigenvalue weighted by atomic mass is 9.86. The number of rotatable bonds is 5. The Morgan fingerprint density at radius 2 is 2.31 bits per heavy atom. The van der Waals surface area contributed by atoms with E-state index in [2.05, 4.69) is 29.5 Å². The van der Waals surface area contributed by atoms with Crippen LogP contribution in [0.15, 0.2) is 6.20 Å². The third-order valence-electron chi connectivity index (χ3n) is 3.01. The van der Waals surface area contributed by atoms with Crippen LogP contribution in [0.4, 0.5) is 0 Å². The van der Waals surface area contributed by atoms with Crippen molar-refractivity contribution in [3.05, 3.63) is 11.9 Å². The molecule has 0 radical (unpaired) electrons. The van der Waals surface area contributed by atoms with Crippen LogP contribution in [0.5, 0.6) is 0 Å². The van der Waals surface area contributed by atoms with E-state index in [1.807, 2.05) is 17.9 Å². The van der Waals surface area contributed by atoms with Gasteiger partial charge in [0.05, 0.1) is 25.5 Å². The zero-order chi connectivity index (χ0) is 11.6. The minimum atomic E-state index is 0.205. The predicted octanol–water partition coefficient (Wildman–Crippen LogP) is 0.637. The van der Waals surface area contributed by atoms with Gasteiger partial charge >= 0.3 is 0 Å². The molecule has 5 nitrogen and oxygen atoms in total. The minimum Gasteiger partial charge on any atom is -0.380 e. The summed E-state index contributed by atoms with van der Waals surface area (Å²) in [4.78, 5) is 0. The molecule has 5 heteroatoms. The zero-order valence-corrected chi connectivity index (χ0v) is 10.2. The fourth-order valence-electron chi connectivity index (χ4n) is 2.01. The van der Waals surface area contributed by atoms with Crippen molar-refractivity contribution in [1.29, 1.82) is 0 Å². The number of nitrogens with one attached hydrogen (secondary N) is 1. The van der Waals surface area contributed by atoms with Crippen molar-refractivity contribution in [2.45, 2.75) is 26.3 Å². The molecule has 16 heavy (non-hydrogen) atoms. The molecule has 1 saturated heterocycles. The molecule has 1 aromatic rings. The van der Waals surface area contributed by atoms with Gasteiger partial charge in [-0.3, -0.25) is 4.68 Å². The zero-order valence-electron chi connectivity index (χ0n) is 10.2. The molecule has 90 valence electrons. The molecule has 1 aliphatic rings. The Morgan fingerprint density at radius 1 is 1.56 bits per heavy atom. The van der Waals surface area contributed by atoms with E-state index < -0.39 is 0 Å². The highest BCUT2D eigenvalue weighted by atomic mass is 16.5. The van der Waals surface area contributed by atoms with E-state index in [0.717, 1.165) is 32.0 Å². The largest absolute Gasteiger partial charge is 0.380 e. The summed E-state index contributed by atoms with van der Waals surface area (Å²) in [6, 6.07) is 0. The Labute approximate surface area is 96.2 Å². The van der Waals surface area contributed by atoms with Crippen LogP contribution in [0.25, 0.3) is 0 Å². The third-order valence-corrected chi connectivity index (χ3v) is 3.01. The summed E-state index contributed by atoms with van der Waals surface area (Å²) >= 11 is 0. The number of nitrogens with zero attached hydrogens (tertiary/aromatic N) is 3. The summed E-state index contributed by atoms with van der Waals surface area (Å²) in [6.45, 7) is 7.72. The summed E-state index contributed by atoms with van der Waals surface area (Å²) in [5, 5.41) is 11.6. The highest BCUT2D eigenvalue weighted by molar-refractivity contribution is 4.99. The van der Waals surface area contributed by atoms with E-state index in [1.165, 1.54) is 0 Å². The summed E-state index contributed by atoms with van der Waals surface area (Å²) in [7, 11) is 1.97. The van der Waals surface area contributed by atoms with Gasteiger partial charge in [-0.25, -0.2) is 0 Å². The van der Waals surface area contributed by atoms with Crippen LogP contribution in [-0.4, -0.2) is 41.8 Å². The Morgan fingerprint density at radius 3 is 2.75 bits per heavy atom. The van der Waals surface area contributed by atoms with Crippen LogP contribution in [0.2, 0.25) is 0 Å². The summed E-state index contributed by atoms with van der Waals surface area (Å²) in [5.74, 6) is 0.437. The molecular formula is C11H20N4O. The van der Waals surface area contributed by atoms with Gasteiger partial charge in [-0.2, -0.15) is 0 Å². The van der Waals surface area contributed by atoms with Crippen LogP contribution in [0, 0.1) is 5.41 Å². The minimum absolute atomic E-state index is 0.205. The molecule has 2 rings (SSSR count). The van der Waals surface area contributed by atoms with Crippen LogP contribution < -0.4 is 5.32 Å². The average Bonchev–Trinajstić information content (AvgIpc) is 2.63. The molecule has 1 aliphatic heterocycles. The molecule has 0 amide bonds. The lowest BCUT2D eigenvalue weighted by Crippen LogP contribution is -2.51. The Hall–Kier alpha value is -0.940. The molecule has 1 N–H and O–H groups in total. The summed E-state index contributed by atoms with van der Waals surface area (Å²) < 4.78 is 7.26. The molecule has 1 fully saturated rings. The Bertz CT molecular complexity index is 344. The number of hydrogen-bond donors (Lipinski definition) is 1. The molecule has 0 bridgehead atoms. The average molecular weight is 224 g/mol. The smallest absolute Gasteiger partial charge is 0.0852 e. The van der Waals surface area contributed by atoms with Crippen molar-refractivity contribution in [3.8, 4) is 0 Å². The van der Waals surface area contributed by atoms with Gasteiger partial charge in [0.2, 0.25) is 0 Å². The maximum atomic E-state index is 5.32. The van der Waals surface area contributed by atoms with Gasteiger partial charge in [0.15, 0.2) is 0 Å². The van der Waals surface area contributed by atoms with Crippen molar-refractivity contribution in [1.82, 2.24) is 20.3 Å². The second-order valence-electron chi connectivity index (χ2n) is 5.02. The number of aromatic nitrogens is 3. The molecule has 2 heterocycles. The second-order valence-corrected chi connectivity index (χ2v) is 5.02. The van der Waals surface area contributed by atoms with Gasteiger partial charge in [-0.15, -0.1) is 5.10 Å². The molecule has 0 unspecified atom stereocenters. The lowest BCUT2D eigenvalue weighted by Gasteiger charge is -2.41. The van der Waals surface area contributed by atoms with E-state index in [0.29, 0.717) is 5.92 Å². The monoisotopic (exact) mass is 224 g/mol. The highest BCUT2D eigenvalue weighted by Gasteiger charge is 2.38. The third kappa shape index (κ3) is 2.25. The van der Waals surface area contributed by atoms with Crippen LogP contribution in [0.1, 0.15) is 25.5 Å². The maximum absolute atomic E-state index is 5.32. The molecule has 0 saturated carbocycles. The molecular weight excluding hydrogens is 204 g/mol.